The van der Waals surface area contributed by atoms with Crippen molar-refractivity contribution >= 4 is 11.9 Å². The zero-order valence-corrected chi connectivity index (χ0v) is 52.9. The van der Waals surface area contributed by atoms with Crippen molar-refractivity contribution in [3.8, 4) is 0 Å². The van der Waals surface area contributed by atoms with E-state index in [9.17, 15) is 19.8 Å². The number of esters is 1. The summed E-state index contributed by atoms with van der Waals surface area (Å²) in [4.78, 5) is 24.5. The first-order chi connectivity index (χ1) is 38.5. The average Bonchev–Trinajstić information content (AvgIpc) is 3.44. The summed E-state index contributed by atoms with van der Waals surface area (Å²) in [7, 11) is 0. The van der Waals surface area contributed by atoms with Gasteiger partial charge >= 0.3 is 5.97 Å². The fourth-order valence-corrected chi connectivity index (χ4v) is 11.3. The third-order valence-corrected chi connectivity index (χ3v) is 16.7. The third-order valence-electron chi connectivity index (χ3n) is 16.7. The zero-order chi connectivity index (χ0) is 56.4. The lowest BCUT2D eigenvalue weighted by atomic mass is 10.0. The molecule has 2 unspecified atom stereocenters. The van der Waals surface area contributed by atoms with E-state index in [1.165, 1.54) is 321 Å². The molecule has 6 nitrogen and oxygen atoms in total. The van der Waals surface area contributed by atoms with E-state index in [1.54, 1.807) is 0 Å². The van der Waals surface area contributed by atoms with E-state index < -0.39 is 12.1 Å². The number of carbonyl (C=O) groups is 2. The lowest BCUT2D eigenvalue weighted by Gasteiger charge is -2.22. The Labute approximate surface area is 488 Å². The van der Waals surface area contributed by atoms with Crippen LogP contribution in [-0.4, -0.2) is 47.4 Å². The van der Waals surface area contributed by atoms with E-state index in [0.717, 1.165) is 44.9 Å². The molecule has 0 aliphatic carbocycles. The van der Waals surface area contributed by atoms with Crippen molar-refractivity contribution in [2.75, 3.05) is 13.2 Å². The molecule has 0 radical (unpaired) electrons. The van der Waals surface area contributed by atoms with E-state index in [-0.39, 0.29) is 18.5 Å². The van der Waals surface area contributed by atoms with Crippen molar-refractivity contribution in [2.24, 2.45) is 0 Å². The summed E-state index contributed by atoms with van der Waals surface area (Å²) in [5, 5.41) is 23.4. The number of amides is 1. The van der Waals surface area contributed by atoms with E-state index in [2.05, 4.69) is 43.5 Å². The Hall–Kier alpha value is -1.66. The number of allylic oxidation sites excluding steroid dienone is 4. The van der Waals surface area contributed by atoms with E-state index in [4.69, 9.17) is 4.74 Å². The Balaban J connectivity index is 3.37. The standard InChI is InChI=1S/C72H139NO5/c1-3-5-7-9-11-13-15-16-17-18-19-32-35-38-41-45-48-52-56-60-64-70(75)69(68-74)73-71(76)65-61-57-53-49-46-42-39-36-33-30-28-26-24-22-20-21-23-25-27-29-31-34-37-40-43-47-51-55-59-63-67-78-72(77)66-62-58-54-50-44-14-12-10-8-6-4-2/h10,12,21,23,69-70,74-75H,3-9,11,13-20,22,24-68H2,1-2H3,(H,73,76)/b12-10-,23-21-. The second-order valence-corrected chi connectivity index (χ2v) is 24.6. The average molecular weight is 1100 g/mol. The van der Waals surface area contributed by atoms with Gasteiger partial charge in [0, 0.05) is 12.8 Å². The van der Waals surface area contributed by atoms with E-state index in [0.29, 0.717) is 25.9 Å². The fraction of sp³-hybridized carbons (Fsp3) is 0.917. The molecular weight excluding hydrogens is 959 g/mol. The first-order valence-electron chi connectivity index (χ1n) is 35.6. The van der Waals surface area contributed by atoms with Crippen LogP contribution in [0.1, 0.15) is 399 Å². The van der Waals surface area contributed by atoms with Crippen LogP contribution in [0, 0.1) is 0 Å². The molecule has 0 aromatic heterocycles. The molecule has 2 atom stereocenters. The van der Waals surface area contributed by atoms with Crippen LogP contribution < -0.4 is 5.32 Å². The van der Waals surface area contributed by atoms with Crippen LogP contribution in [0.2, 0.25) is 0 Å². The maximum Gasteiger partial charge on any atom is 0.305 e. The van der Waals surface area contributed by atoms with E-state index >= 15 is 0 Å². The number of rotatable bonds is 67. The van der Waals surface area contributed by atoms with Gasteiger partial charge in [-0.1, -0.05) is 340 Å². The van der Waals surface area contributed by atoms with Crippen LogP contribution >= 0.6 is 0 Å². The van der Waals surface area contributed by atoms with Gasteiger partial charge in [0.1, 0.15) is 0 Å². The predicted octanol–water partition coefficient (Wildman–Crippen LogP) is 22.9. The molecule has 1 amide bonds. The third kappa shape index (κ3) is 63.5. The van der Waals surface area contributed by atoms with Crippen molar-refractivity contribution in [1.29, 1.82) is 0 Å². The number of carbonyl (C=O) groups excluding carboxylic acids is 2. The second kappa shape index (κ2) is 67.8. The monoisotopic (exact) mass is 1100 g/mol. The van der Waals surface area contributed by atoms with Gasteiger partial charge in [-0.05, 0) is 70.6 Å². The number of hydrogen-bond acceptors (Lipinski definition) is 5. The molecule has 0 rings (SSSR count). The molecule has 462 valence electrons. The minimum Gasteiger partial charge on any atom is -0.466 e. The Morgan fingerprint density at radius 2 is 0.615 bits per heavy atom. The summed E-state index contributed by atoms with van der Waals surface area (Å²) in [5.74, 6) is -0.0226. The topological polar surface area (TPSA) is 95.9 Å². The molecule has 0 heterocycles. The molecule has 0 fully saturated rings. The molecule has 3 N–H and O–H groups in total. The highest BCUT2D eigenvalue weighted by atomic mass is 16.5. The van der Waals surface area contributed by atoms with Crippen molar-refractivity contribution < 1.29 is 24.5 Å². The molecule has 0 aliphatic heterocycles. The van der Waals surface area contributed by atoms with Gasteiger partial charge in [0.15, 0.2) is 0 Å². The molecule has 0 spiro atoms. The van der Waals surface area contributed by atoms with Crippen molar-refractivity contribution in [3.63, 3.8) is 0 Å². The Kier molecular flexibility index (Phi) is 66.4. The van der Waals surface area contributed by atoms with Gasteiger partial charge in [0.25, 0.3) is 0 Å². The number of ether oxygens (including phenoxy) is 1. The molecular formula is C72H139NO5. The molecule has 0 aliphatic rings. The fourth-order valence-electron chi connectivity index (χ4n) is 11.3. The van der Waals surface area contributed by atoms with Crippen molar-refractivity contribution in [2.45, 2.75) is 411 Å². The first kappa shape index (κ1) is 76.3. The summed E-state index contributed by atoms with van der Waals surface area (Å²) >= 11 is 0. The summed E-state index contributed by atoms with van der Waals surface area (Å²) < 4.78 is 5.47. The zero-order valence-electron chi connectivity index (χ0n) is 52.9. The summed E-state index contributed by atoms with van der Waals surface area (Å²) in [6.07, 6.45) is 85.2. The van der Waals surface area contributed by atoms with Crippen LogP contribution in [-0.2, 0) is 14.3 Å². The minimum atomic E-state index is -0.664. The van der Waals surface area contributed by atoms with Gasteiger partial charge in [0.2, 0.25) is 5.91 Å². The van der Waals surface area contributed by atoms with Crippen molar-refractivity contribution in [3.05, 3.63) is 24.3 Å². The summed E-state index contributed by atoms with van der Waals surface area (Å²) in [6, 6.07) is -0.541. The normalized spacial score (nSPS) is 12.6. The van der Waals surface area contributed by atoms with Gasteiger partial charge in [-0.15, -0.1) is 0 Å². The number of aliphatic hydroxyl groups is 2. The molecule has 0 aromatic rings. The lowest BCUT2D eigenvalue weighted by molar-refractivity contribution is -0.143. The van der Waals surface area contributed by atoms with Gasteiger partial charge in [-0.2, -0.15) is 0 Å². The Morgan fingerprint density at radius 1 is 0.346 bits per heavy atom. The maximum atomic E-state index is 12.5. The Morgan fingerprint density at radius 3 is 0.949 bits per heavy atom. The smallest absolute Gasteiger partial charge is 0.305 e. The molecule has 0 saturated heterocycles. The van der Waals surface area contributed by atoms with Crippen LogP contribution in [0.4, 0.5) is 0 Å². The SMILES string of the molecule is CCCC/C=C\CCCCCCCC(=O)OCCCCCCCCCCCCCC/C=C\CCCCCCCCCCCCCCCCC(=O)NC(CO)C(O)CCCCCCCCCCCCCCCCCCCCCC. The summed E-state index contributed by atoms with van der Waals surface area (Å²) in [5.41, 5.74) is 0. The molecule has 0 saturated carbocycles. The minimum absolute atomic E-state index is 0.00656. The van der Waals surface area contributed by atoms with Crippen LogP contribution in [0.25, 0.3) is 0 Å². The highest BCUT2D eigenvalue weighted by Crippen LogP contribution is 2.19. The van der Waals surface area contributed by atoms with Gasteiger partial charge in [-0.25, -0.2) is 0 Å². The molecule has 0 aromatic carbocycles. The molecule has 6 heteroatoms. The second-order valence-electron chi connectivity index (χ2n) is 24.6. The number of hydrogen-bond donors (Lipinski definition) is 3. The van der Waals surface area contributed by atoms with Crippen LogP contribution in [0.5, 0.6) is 0 Å². The number of unbranched alkanes of at least 4 members (excludes halogenated alkanes) is 52. The van der Waals surface area contributed by atoms with E-state index in [1.807, 2.05) is 0 Å². The highest BCUT2D eigenvalue weighted by Gasteiger charge is 2.20. The van der Waals surface area contributed by atoms with Crippen LogP contribution in [0.3, 0.4) is 0 Å². The first-order valence-corrected chi connectivity index (χ1v) is 35.6. The number of nitrogens with one attached hydrogen (secondary N) is 1. The largest absolute Gasteiger partial charge is 0.466 e. The van der Waals surface area contributed by atoms with Crippen LogP contribution in [0.15, 0.2) is 24.3 Å². The van der Waals surface area contributed by atoms with Crippen molar-refractivity contribution in [1.82, 2.24) is 5.32 Å². The van der Waals surface area contributed by atoms with Gasteiger partial charge in [-0.3, -0.25) is 9.59 Å². The molecule has 78 heavy (non-hydrogen) atoms. The number of aliphatic hydroxyl groups excluding tert-OH is 2. The summed E-state index contributed by atoms with van der Waals surface area (Å²) in [6.45, 7) is 4.95. The maximum absolute atomic E-state index is 12.5. The highest BCUT2D eigenvalue weighted by molar-refractivity contribution is 5.76. The lowest BCUT2D eigenvalue weighted by Crippen LogP contribution is -2.45. The van der Waals surface area contributed by atoms with Gasteiger partial charge in [0.05, 0.1) is 25.4 Å². The molecule has 0 bridgehead atoms. The van der Waals surface area contributed by atoms with Gasteiger partial charge < -0.3 is 20.3 Å². The Bertz CT molecular complexity index is 1220. The quantitative estimate of drug-likeness (QED) is 0.0320. The predicted molar refractivity (Wildman–Crippen MR) is 343 cm³/mol.